The second kappa shape index (κ2) is 6.31. The molecular formula is C18H19N3O3. The van der Waals surface area contributed by atoms with Crippen LogP contribution in [0, 0.1) is 13.8 Å². The van der Waals surface area contributed by atoms with E-state index < -0.39 is 0 Å². The maximum absolute atomic E-state index is 12.5. The van der Waals surface area contributed by atoms with Crippen molar-refractivity contribution in [2.45, 2.75) is 26.9 Å². The minimum absolute atomic E-state index is 0.0965. The van der Waals surface area contributed by atoms with E-state index >= 15 is 0 Å². The smallest absolute Gasteiger partial charge is 0.275 e. The molecule has 6 heteroatoms. The Morgan fingerprint density at radius 1 is 1.17 bits per heavy atom. The van der Waals surface area contributed by atoms with Gasteiger partial charge in [-0.25, -0.2) is 4.68 Å². The van der Waals surface area contributed by atoms with Crippen molar-refractivity contribution in [2.75, 3.05) is 7.05 Å². The molecule has 2 aromatic heterocycles. The maximum Gasteiger partial charge on any atom is 0.275 e. The van der Waals surface area contributed by atoms with Crippen LogP contribution in [0.2, 0.25) is 0 Å². The van der Waals surface area contributed by atoms with E-state index in [9.17, 15) is 9.59 Å². The van der Waals surface area contributed by atoms with Crippen molar-refractivity contribution in [3.63, 3.8) is 0 Å². The number of carbonyl (C=O) groups is 1. The monoisotopic (exact) mass is 325 g/mol. The molecule has 3 rings (SSSR count). The number of hydrogen-bond acceptors (Lipinski definition) is 4. The van der Waals surface area contributed by atoms with E-state index in [4.69, 9.17) is 4.42 Å². The summed E-state index contributed by atoms with van der Waals surface area (Å²) in [6.45, 7) is 3.94. The number of aromatic nitrogens is 2. The third-order valence-electron chi connectivity index (χ3n) is 3.95. The van der Waals surface area contributed by atoms with Gasteiger partial charge in [-0.3, -0.25) is 9.59 Å². The van der Waals surface area contributed by atoms with Crippen LogP contribution in [-0.4, -0.2) is 27.6 Å². The zero-order valence-electron chi connectivity index (χ0n) is 13.9. The van der Waals surface area contributed by atoms with E-state index in [2.05, 4.69) is 5.10 Å². The van der Waals surface area contributed by atoms with Crippen LogP contribution >= 0.6 is 0 Å². The third kappa shape index (κ3) is 3.08. The molecule has 0 atom stereocenters. The molecule has 0 spiro atoms. The van der Waals surface area contributed by atoms with Gasteiger partial charge in [0, 0.05) is 12.4 Å². The van der Waals surface area contributed by atoms with Crippen LogP contribution in [0.1, 0.15) is 17.2 Å². The Labute approximate surface area is 139 Å². The molecular weight excluding hydrogens is 306 g/mol. The second-order valence-corrected chi connectivity index (χ2v) is 5.86. The molecule has 6 nitrogen and oxygen atoms in total. The molecule has 0 fully saturated rings. The molecule has 0 aliphatic heterocycles. The van der Waals surface area contributed by atoms with Crippen molar-refractivity contribution in [1.29, 1.82) is 0 Å². The lowest BCUT2D eigenvalue weighted by Crippen LogP contribution is -2.35. The van der Waals surface area contributed by atoms with Gasteiger partial charge in [0.1, 0.15) is 18.1 Å². The fraction of sp³-hybridized carbons (Fsp3) is 0.278. The summed E-state index contributed by atoms with van der Waals surface area (Å²) in [6, 6.07) is 11.0. The lowest BCUT2D eigenvalue weighted by molar-refractivity contribution is -0.131. The fourth-order valence-electron chi connectivity index (χ4n) is 2.65. The number of furan rings is 1. The van der Waals surface area contributed by atoms with E-state index in [1.54, 1.807) is 19.2 Å². The second-order valence-electron chi connectivity index (χ2n) is 5.86. The van der Waals surface area contributed by atoms with Crippen molar-refractivity contribution in [3.05, 3.63) is 64.0 Å². The Morgan fingerprint density at radius 3 is 2.54 bits per heavy atom. The fourth-order valence-corrected chi connectivity index (χ4v) is 2.65. The lowest BCUT2D eigenvalue weighted by atomic mass is 10.1. The number of carbonyl (C=O) groups excluding carboxylic acids is 1. The lowest BCUT2D eigenvalue weighted by Gasteiger charge is -2.16. The summed E-state index contributed by atoms with van der Waals surface area (Å²) in [4.78, 5) is 26.4. The average molecular weight is 325 g/mol. The van der Waals surface area contributed by atoms with E-state index in [-0.39, 0.29) is 18.0 Å². The number of hydrogen-bond donors (Lipinski definition) is 0. The third-order valence-corrected chi connectivity index (χ3v) is 3.95. The number of likely N-dealkylation sites (N-methyl/N-ethyl adjacent to an activating group) is 1. The van der Waals surface area contributed by atoms with Crippen LogP contribution in [0.5, 0.6) is 0 Å². The molecule has 1 aromatic carbocycles. The predicted molar refractivity (Wildman–Crippen MR) is 90.7 cm³/mol. The van der Waals surface area contributed by atoms with Gasteiger partial charge in [-0.15, -0.1) is 0 Å². The van der Waals surface area contributed by atoms with Crippen LogP contribution in [0.4, 0.5) is 0 Å². The summed E-state index contributed by atoms with van der Waals surface area (Å²) in [6.07, 6.45) is 0. The Balaban J connectivity index is 1.82. The molecule has 2 heterocycles. The van der Waals surface area contributed by atoms with Gasteiger partial charge >= 0.3 is 0 Å². The van der Waals surface area contributed by atoms with Gasteiger partial charge in [0.25, 0.3) is 5.56 Å². The number of fused-ring (bicyclic) bond motifs is 1. The Morgan fingerprint density at radius 2 is 1.88 bits per heavy atom. The molecule has 0 unspecified atom stereocenters. The van der Waals surface area contributed by atoms with Crippen molar-refractivity contribution in [2.24, 2.45) is 0 Å². The van der Waals surface area contributed by atoms with Crippen LogP contribution in [0.15, 0.2) is 45.6 Å². The van der Waals surface area contributed by atoms with Crippen LogP contribution in [0.25, 0.3) is 10.8 Å². The number of amides is 1. The van der Waals surface area contributed by atoms with E-state index in [1.807, 2.05) is 38.1 Å². The van der Waals surface area contributed by atoms with Gasteiger partial charge < -0.3 is 9.32 Å². The van der Waals surface area contributed by atoms with Gasteiger partial charge in [0.05, 0.1) is 17.6 Å². The molecule has 124 valence electrons. The molecule has 0 bridgehead atoms. The Kier molecular flexibility index (Phi) is 4.20. The summed E-state index contributed by atoms with van der Waals surface area (Å²) < 4.78 is 6.70. The zero-order valence-corrected chi connectivity index (χ0v) is 13.9. The highest BCUT2D eigenvalue weighted by Gasteiger charge is 2.15. The highest BCUT2D eigenvalue weighted by molar-refractivity contribution is 5.83. The number of rotatable bonds is 4. The molecule has 0 radical (unpaired) electrons. The van der Waals surface area contributed by atoms with Gasteiger partial charge in [-0.1, -0.05) is 18.2 Å². The topological polar surface area (TPSA) is 68.3 Å². The minimum Gasteiger partial charge on any atom is -0.464 e. The van der Waals surface area contributed by atoms with Crippen molar-refractivity contribution < 1.29 is 9.21 Å². The Bertz CT molecular complexity index is 956. The summed E-state index contributed by atoms with van der Waals surface area (Å²) in [5.41, 5.74) is 0.467. The van der Waals surface area contributed by atoms with Crippen molar-refractivity contribution in [1.82, 2.24) is 14.7 Å². The molecule has 24 heavy (non-hydrogen) atoms. The molecule has 1 amide bonds. The van der Waals surface area contributed by atoms with Crippen LogP contribution in [0.3, 0.4) is 0 Å². The number of benzene rings is 1. The van der Waals surface area contributed by atoms with Gasteiger partial charge in [0.15, 0.2) is 0 Å². The molecule has 0 saturated carbocycles. The molecule has 0 aliphatic rings. The van der Waals surface area contributed by atoms with Gasteiger partial charge in [0.2, 0.25) is 5.91 Å². The SMILES string of the molecule is Cc1ccc(CN(C)C(=O)Cn2nc(C)c3ccccc3c2=O)o1. The highest BCUT2D eigenvalue weighted by atomic mass is 16.3. The maximum atomic E-state index is 12.5. The van der Waals surface area contributed by atoms with Crippen LogP contribution in [-0.2, 0) is 17.9 Å². The average Bonchev–Trinajstić information content (AvgIpc) is 2.97. The number of nitrogens with zero attached hydrogens (tertiary/aromatic N) is 3. The largest absolute Gasteiger partial charge is 0.464 e. The predicted octanol–water partition coefficient (Wildman–Crippen LogP) is 2.26. The summed E-state index contributed by atoms with van der Waals surface area (Å²) in [5, 5.41) is 5.65. The first-order chi connectivity index (χ1) is 11.5. The van der Waals surface area contributed by atoms with E-state index in [0.29, 0.717) is 17.7 Å². The summed E-state index contributed by atoms with van der Waals surface area (Å²) in [7, 11) is 1.68. The van der Waals surface area contributed by atoms with Gasteiger partial charge in [-0.2, -0.15) is 5.10 Å². The minimum atomic E-state index is -0.258. The van der Waals surface area contributed by atoms with Crippen molar-refractivity contribution >= 4 is 16.7 Å². The highest BCUT2D eigenvalue weighted by Crippen LogP contribution is 2.12. The molecule has 3 aromatic rings. The first-order valence-corrected chi connectivity index (χ1v) is 7.71. The van der Waals surface area contributed by atoms with Crippen LogP contribution < -0.4 is 5.56 Å². The summed E-state index contributed by atoms with van der Waals surface area (Å²) >= 11 is 0. The first-order valence-electron chi connectivity index (χ1n) is 7.71. The molecule has 0 saturated heterocycles. The zero-order chi connectivity index (χ0) is 17.3. The quantitative estimate of drug-likeness (QED) is 0.738. The first kappa shape index (κ1) is 16.0. The van der Waals surface area contributed by atoms with E-state index in [0.717, 1.165) is 16.8 Å². The van der Waals surface area contributed by atoms with Crippen molar-refractivity contribution in [3.8, 4) is 0 Å². The molecule has 0 aliphatic carbocycles. The number of aryl methyl sites for hydroxylation is 2. The molecule has 0 N–H and O–H groups in total. The van der Waals surface area contributed by atoms with Gasteiger partial charge in [-0.05, 0) is 32.0 Å². The Hall–Kier alpha value is -2.89. The summed E-state index contributed by atoms with van der Waals surface area (Å²) in [5.74, 6) is 1.31. The van der Waals surface area contributed by atoms with E-state index in [1.165, 1.54) is 9.58 Å². The normalized spacial score (nSPS) is 11.0. The standard InChI is InChI=1S/C18H19N3O3/c1-12-8-9-14(24-12)10-20(3)17(22)11-21-18(23)16-7-5-4-6-15(16)13(2)19-21/h4-9H,10-11H2,1-3H3.